The number of ether oxygens (including phenoxy) is 1. The summed E-state index contributed by atoms with van der Waals surface area (Å²) in [6.45, 7) is 0. The Morgan fingerprint density at radius 1 is 1.14 bits per heavy atom. The molecule has 5 nitrogen and oxygen atoms in total. The van der Waals surface area contributed by atoms with Gasteiger partial charge in [0.25, 0.3) is 0 Å². The number of nitrogens with one attached hydrogen (secondary N) is 1. The van der Waals surface area contributed by atoms with Gasteiger partial charge in [-0.3, -0.25) is 0 Å². The molecular weight excluding hydrogens is 288 g/mol. The first-order valence-electron chi connectivity index (χ1n) is 7.58. The molecule has 1 aromatic carbocycles. The van der Waals surface area contributed by atoms with Gasteiger partial charge in [0.2, 0.25) is 10.0 Å². The summed E-state index contributed by atoms with van der Waals surface area (Å²) in [4.78, 5) is 0.232. The Hall–Kier alpha value is -1.11. The van der Waals surface area contributed by atoms with Crippen molar-refractivity contribution in [2.45, 2.75) is 61.6 Å². The van der Waals surface area contributed by atoms with Gasteiger partial charge in [-0.15, -0.1) is 0 Å². The van der Waals surface area contributed by atoms with Gasteiger partial charge in [-0.25, -0.2) is 13.1 Å². The monoisotopic (exact) mass is 310 g/mol. The molecule has 1 aromatic rings. The average Bonchev–Trinajstić information content (AvgIpc) is 3.22. The summed E-state index contributed by atoms with van der Waals surface area (Å²) in [6, 6.07) is 7.09. The molecule has 0 saturated heterocycles. The fourth-order valence-electron chi connectivity index (χ4n) is 2.72. The molecule has 0 radical (unpaired) electrons. The average molecular weight is 310 g/mol. The number of hydrogen-bond donors (Lipinski definition) is 2. The highest BCUT2D eigenvalue weighted by Crippen LogP contribution is 2.30. The molecule has 21 heavy (non-hydrogen) atoms. The third-order valence-electron chi connectivity index (χ3n) is 4.00. The summed E-state index contributed by atoms with van der Waals surface area (Å²) in [6.07, 6.45) is 5.60. The van der Waals surface area contributed by atoms with Crippen LogP contribution in [0.5, 0.6) is 5.75 Å². The van der Waals surface area contributed by atoms with E-state index in [0.29, 0.717) is 5.75 Å². The lowest BCUT2D eigenvalue weighted by atomic mass is 9.93. The topological polar surface area (TPSA) is 81.4 Å². The van der Waals surface area contributed by atoms with Gasteiger partial charge in [0.1, 0.15) is 16.7 Å². The minimum absolute atomic E-state index is 0.00558. The SMILES string of the molecule is NC1CCCC(Oc2ccccc2S(=O)(=O)NC2CC2)C1. The van der Waals surface area contributed by atoms with Crippen molar-refractivity contribution in [3.63, 3.8) is 0 Å². The summed E-state index contributed by atoms with van der Waals surface area (Å²) in [7, 11) is -3.50. The summed E-state index contributed by atoms with van der Waals surface area (Å²) in [5.74, 6) is 0.435. The van der Waals surface area contributed by atoms with Crippen LogP contribution in [0.4, 0.5) is 0 Å². The third kappa shape index (κ3) is 3.75. The highest BCUT2D eigenvalue weighted by Gasteiger charge is 2.30. The molecule has 0 amide bonds. The molecule has 2 saturated carbocycles. The van der Waals surface area contributed by atoms with E-state index in [1.165, 1.54) is 0 Å². The molecule has 2 atom stereocenters. The van der Waals surface area contributed by atoms with E-state index in [-0.39, 0.29) is 23.1 Å². The molecule has 6 heteroatoms. The second-order valence-corrected chi connectivity index (χ2v) is 7.69. The van der Waals surface area contributed by atoms with Crippen molar-refractivity contribution < 1.29 is 13.2 Å². The Balaban J connectivity index is 1.78. The maximum absolute atomic E-state index is 12.4. The Kier molecular flexibility index (Phi) is 4.19. The highest BCUT2D eigenvalue weighted by atomic mass is 32.2. The van der Waals surface area contributed by atoms with Crippen molar-refractivity contribution in [2.75, 3.05) is 0 Å². The first-order chi connectivity index (χ1) is 10.0. The van der Waals surface area contributed by atoms with Crippen molar-refractivity contribution in [3.8, 4) is 5.75 Å². The maximum Gasteiger partial charge on any atom is 0.244 e. The van der Waals surface area contributed by atoms with Gasteiger partial charge < -0.3 is 10.5 Å². The number of sulfonamides is 1. The molecule has 2 aliphatic rings. The van der Waals surface area contributed by atoms with Crippen molar-refractivity contribution in [2.24, 2.45) is 5.73 Å². The minimum Gasteiger partial charge on any atom is -0.489 e. The number of benzene rings is 1. The van der Waals surface area contributed by atoms with Gasteiger partial charge in [0, 0.05) is 12.1 Å². The molecule has 3 rings (SSSR count). The molecule has 2 aliphatic carbocycles. The number of nitrogens with two attached hydrogens (primary N) is 1. The summed E-state index contributed by atoms with van der Waals surface area (Å²) in [5, 5.41) is 0. The van der Waals surface area contributed by atoms with Gasteiger partial charge in [0.15, 0.2) is 0 Å². The predicted molar refractivity (Wildman–Crippen MR) is 80.6 cm³/mol. The molecule has 0 heterocycles. The van der Waals surface area contributed by atoms with Crippen molar-refractivity contribution in [3.05, 3.63) is 24.3 Å². The fraction of sp³-hybridized carbons (Fsp3) is 0.600. The minimum atomic E-state index is -3.50. The lowest BCUT2D eigenvalue weighted by Gasteiger charge is -2.28. The van der Waals surface area contributed by atoms with E-state index in [1.807, 2.05) is 0 Å². The van der Waals surface area contributed by atoms with E-state index in [2.05, 4.69) is 4.72 Å². The zero-order valence-corrected chi connectivity index (χ0v) is 12.8. The maximum atomic E-state index is 12.4. The molecule has 0 spiro atoms. The van der Waals surface area contributed by atoms with Crippen molar-refractivity contribution >= 4 is 10.0 Å². The van der Waals surface area contributed by atoms with E-state index in [1.54, 1.807) is 24.3 Å². The van der Waals surface area contributed by atoms with Crippen LogP contribution in [0.25, 0.3) is 0 Å². The first kappa shape index (κ1) is 14.8. The largest absolute Gasteiger partial charge is 0.489 e. The van der Waals surface area contributed by atoms with Gasteiger partial charge in [-0.05, 0) is 50.7 Å². The Morgan fingerprint density at radius 2 is 1.90 bits per heavy atom. The molecule has 0 aliphatic heterocycles. The molecule has 0 bridgehead atoms. The van der Waals surface area contributed by atoms with Gasteiger partial charge >= 0.3 is 0 Å². The van der Waals surface area contributed by atoms with Crippen LogP contribution in [0.15, 0.2) is 29.2 Å². The second-order valence-electron chi connectivity index (χ2n) is 6.01. The van der Waals surface area contributed by atoms with Crippen molar-refractivity contribution in [1.29, 1.82) is 0 Å². The quantitative estimate of drug-likeness (QED) is 0.868. The van der Waals surface area contributed by atoms with E-state index in [4.69, 9.17) is 10.5 Å². The Bertz CT molecular complexity index is 599. The fourth-order valence-corrected chi connectivity index (χ4v) is 4.16. The van der Waals surface area contributed by atoms with Crippen LogP contribution in [0, 0.1) is 0 Å². The van der Waals surface area contributed by atoms with Crippen LogP contribution in [-0.4, -0.2) is 26.6 Å². The number of rotatable bonds is 5. The molecule has 116 valence electrons. The molecule has 0 aromatic heterocycles. The normalized spacial score (nSPS) is 26.5. The number of hydrogen-bond acceptors (Lipinski definition) is 4. The van der Waals surface area contributed by atoms with E-state index in [9.17, 15) is 8.42 Å². The van der Waals surface area contributed by atoms with Gasteiger partial charge in [-0.1, -0.05) is 12.1 Å². The van der Waals surface area contributed by atoms with Crippen LogP contribution < -0.4 is 15.2 Å². The zero-order chi connectivity index (χ0) is 14.9. The zero-order valence-electron chi connectivity index (χ0n) is 12.0. The standard InChI is InChI=1S/C15H22N2O3S/c16-11-4-3-5-13(10-11)20-14-6-1-2-7-15(14)21(18,19)17-12-8-9-12/h1-2,6-7,11-13,17H,3-5,8-10,16H2. The van der Waals surface area contributed by atoms with Gasteiger partial charge in [0.05, 0.1) is 0 Å². The highest BCUT2D eigenvalue weighted by molar-refractivity contribution is 7.89. The van der Waals surface area contributed by atoms with Gasteiger partial charge in [-0.2, -0.15) is 0 Å². The second kappa shape index (κ2) is 5.94. The Labute approximate surface area is 125 Å². The Morgan fingerprint density at radius 3 is 2.62 bits per heavy atom. The predicted octanol–water partition coefficient (Wildman–Crippen LogP) is 1.78. The summed E-state index contributed by atoms with van der Waals surface area (Å²) < 4.78 is 33.4. The van der Waals surface area contributed by atoms with E-state index in [0.717, 1.165) is 38.5 Å². The lowest BCUT2D eigenvalue weighted by Crippen LogP contribution is -2.34. The molecule has 2 fully saturated rings. The van der Waals surface area contributed by atoms with E-state index >= 15 is 0 Å². The van der Waals surface area contributed by atoms with Crippen LogP contribution in [0.1, 0.15) is 38.5 Å². The first-order valence-corrected chi connectivity index (χ1v) is 9.06. The molecular formula is C15H22N2O3S. The third-order valence-corrected chi connectivity index (χ3v) is 5.56. The smallest absolute Gasteiger partial charge is 0.244 e. The summed E-state index contributed by atoms with van der Waals surface area (Å²) >= 11 is 0. The van der Waals surface area contributed by atoms with Crippen LogP contribution >= 0.6 is 0 Å². The molecule has 3 N–H and O–H groups in total. The van der Waals surface area contributed by atoms with E-state index < -0.39 is 10.0 Å². The van der Waals surface area contributed by atoms with Crippen molar-refractivity contribution in [1.82, 2.24) is 4.72 Å². The van der Waals surface area contributed by atoms with Crippen LogP contribution in [0.3, 0.4) is 0 Å². The lowest BCUT2D eigenvalue weighted by molar-refractivity contribution is 0.140. The van der Waals surface area contributed by atoms with Crippen LogP contribution in [0.2, 0.25) is 0 Å². The summed E-state index contributed by atoms with van der Waals surface area (Å²) in [5.41, 5.74) is 5.97. The molecule has 2 unspecified atom stereocenters. The van der Waals surface area contributed by atoms with Crippen LogP contribution in [-0.2, 0) is 10.0 Å². The number of para-hydroxylation sites is 1.